The first-order chi connectivity index (χ1) is 41.2. The lowest BCUT2D eigenvalue weighted by molar-refractivity contribution is -0.143. The van der Waals surface area contributed by atoms with Crippen LogP contribution in [0, 0.1) is 17.0 Å². The molecule has 0 fully saturated rings. The minimum absolute atomic E-state index is 0.0447. The smallest absolute Gasteiger partial charge is 0.326 e. The van der Waals surface area contributed by atoms with Gasteiger partial charge in [0.1, 0.15) is 42.9 Å². The van der Waals surface area contributed by atoms with Crippen LogP contribution in [-0.4, -0.2) is 199 Å². The lowest BCUT2D eigenvalue weighted by atomic mass is 9.82. The molecule has 0 saturated carbocycles. The number of aliphatic hydroxyl groups is 1. The van der Waals surface area contributed by atoms with E-state index in [9.17, 15) is 67.3 Å². The van der Waals surface area contributed by atoms with Crippen LogP contribution in [0.3, 0.4) is 0 Å². The Kier molecular flexibility index (Phi) is 31.7. The maximum absolute atomic E-state index is 15.4. The van der Waals surface area contributed by atoms with Crippen LogP contribution in [0.5, 0.6) is 0 Å². The number of aromatic nitrogens is 1. The highest BCUT2D eigenvalue weighted by Gasteiger charge is 2.38. The molecule has 3 aromatic rings. The number of halogens is 2. The van der Waals surface area contributed by atoms with Gasteiger partial charge in [-0.05, 0) is 48.1 Å². The topological polar surface area (TPSA) is 395 Å². The van der Waals surface area contributed by atoms with Crippen LogP contribution in [-0.2, 0) is 78.2 Å². The fourth-order valence-electron chi connectivity index (χ4n) is 8.61. The molecule has 28 nitrogen and oxygen atoms in total. The van der Waals surface area contributed by atoms with E-state index < -0.39 is 158 Å². The number of carbonyl (C=O) groups excluding carboxylic acids is 9. The summed E-state index contributed by atoms with van der Waals surface area (Å²) in [5.74, 6) is -11.3. The number of rotatable bonds is 40. The first-order valence-electron chi connectivity index (χ1n) is 27.8. The molecule has 480 valence electrons. The Morgan fingerprint density at radius 1 is 0.678 bits per heavy atom. The third-order valence-corrected chi connectivity index (χ3v) is 12.6. The minimum Gasteiger partial charge on any atom is -0.481 e. The number of carboxylic acid groups (broad SMARTS) is 2. The molecule has 0 unspecified atom stereocenters. The second kappa shape index (κ2) is 37.9. The van der Waals surface area contributed by atoms with Gasteiger partial charge >= 0.3 is 11.9 Å². The largest absolute Gasteiger partial charge is 0.481 e. The van der Waals surface area contributed by atoms with Gasteiger partial charge in [-0.3, -0.25) is 53.4 Å². The number of aliphatic hydroxyl groups excluding tert-OH is 1. The van der Waals surface area contributed by atoms with Crippen LogP contribution in [0.1, 0.15) is 90.4 Å². The summed E-state index contributed by atoms with van der Waals surface area (Å²) in [6, 6.07) is 7.75. The second-order valence-corrected chi connectivity index (χ2v) is 20.8. The number of hydrogen-bond donors (Lipinski definition) is 10. The van der Waals surface area contributed by atoms with E-state index in [-0.39, 0.29) is 90.0 Å². The molecule has 87 heavy (non-hydrogen) atoms. The van der Waals surface area contributed by atoms with Gasteiger partial charge in [0.05, 0.1) is 65.3 Å². The molecule has 9 amide bonds. The molecule has 1 heterocycles. The number of carboxylic acids is 2. The second-order valence-electron chi connectivity index (χ2n) is 20.8. The zero-order chi connectivity index (χ0) is 64.6. The average Bonchev–Trinajstić information content (AvgIpc) is 1.81. The molecule has 30 heteroatoms. The normalized spacial score (nSPS) is 12.6. The maximum Gasteiger partial charge on any atom is 0.326 e. The van der Waals surface area contributed by atoms with Gasteiger partial charge in [-0.15, -0.1) is 0 Å². The molecule has 0 aliphatic heterocycles. The number of amides is 9. The number of nitrogens with one attached hydrogen (secondary N) is 6. The standard InChI is InChI=1S/C57H80F2N10O18/c1-36(71)66-69(37(2)72)34-50(76)61-19-22-85-24-26-87-28-27-86-25-23-84-21-17-49(75)64-45(31-47(60)73)55(81)65-43(54(80)62-18-15-48(74)63-44(56(82)83)13-14-52(78)79)16-20-68(51(77)35-70)53(57(3,4)5)46-29-39(41-30-40(58)11-12-42(41)59)33-67(46)32-38-9-7-6-8-10-38/h6-12,29-30,33,43-45,53,70H,13-28,31-32,34-35H2,1-5H3,(H2,60,73)(H,61,76)(H,62,80)(H,63,74)(H,64,75)(H,65,81)(H,66,71)(H,78,79)(H,82,83)/t43-,44+,45-,53-/m0/s1. The number of ether oxygens (including phenoxy) is 4. The SMILES string of the molecule is CC(=O)NN(CC(=O)NCCOCCOCCOCCOCCC(=O)N[C@@H](CC(N)=O)C(=O)N[C@@H](CCN(C(=O)CO)[C@@H](c1cc(-c2cc(F)ccc2F)cn1Cc1ccccc1)C(C)(C)C)C(=O)NCCC(=O)N[C@H](CCC(=O)O)C(=O)O)C(C)=O. The van der Waals surface area contributed by atoms with Crippen molar-refractivity contribution in [2.45, 2.75) is 104 Å². The van der Waals surface area contributed by atoms with Gasteiger partial charge in [0.15, 0.2) is 0 Å². The molecular formula is C57H80F2N10O18. The van der Waals surface area contributed by atoms with Crippen LogP contribution >= 0.6 is 0 Å². The van der Waals surface area contributed by atoms with Crippen LogP contribution in [0.15, 0.2) is 60.8 Å². The Bertz CT molecular complexity index is 2800. The minimum atomic E-state index is -1.67. The van der Waals surface area contributed by atoms with E-state index in [2.05, 4.69) is 32.0 Å². The fourth-order valence-corrected chi connectivity index (χ4v) is 8.61. The molecule has 0 aliphatic carbocycles. The molecule has 0 aliphatic rings. The number of aliphatic carboxylic acids is 2. The molecule has 11 N–H and O–H groups in total. The highest BCUT2D eigenvalue weighted by Crippen LogP contribution is 2.41. The molecule has 4 atom stereocenters. The molecule has 3 rings (SSSR count). The van der Waals surface area contributed by atoms with E-state index >= 15 is 4.39 Å². The molecule has 0 bridgehead atoms. The maximum atomic E-state index is 15.4. The third-order valence-electron chi connectivity index (χ3n) is 12.6. The van der Waals surface area contributed by atoms with Gasteiger partial charge in [0.25, 0.3) is 0 Å². The quantitative estimate of drug-likeness (QED) is 0.0265. The number of carbonyl (C=O) groups is 11. The first kappa shape index (κ1) is 72.8. The number of benzene rings is 2. The van der Waals surface area contributed by atoms with Crippen molar-refractivity contribution < 1.29 is 95.8 Å². The molecule has 2 aromatic carbocycles. The van der Waals surface area contributed by atoms with Crippen molar-refractivity contribution in [2.75, 3.05) is 85.6 Å². The van der Waals surface area contributed by atoms with Gasteiger partial charge in [0, 0.05) is 82.3 Å². The van der Waals surface area contributed by atoms with Gasteiger partial charge in [-0.2, -0.15) is 0 Å². The number of nitrogens with zero attached hydrogens (tertiary/aromatic N) is 3. The van der Waals surface area contributed by atoms with Crippen molar-refractivity contribution >= 4 is 65.1 Å². The average molecular weight is 1230 g/mol. The molecule has 0 spiro atoms. The summed E-state index contributed by atoms with van der Waals surface area (Å²) in [6.45, 7) is 6.75. The highest BCUT2D eigenvalue weighted by molar-refractivity contribution is 5.95. The van der Waals surface area contributed by atoms with E-state index in [1.165, 1.54) is 18.7 Å². The Morgan fingerprint density at radius 3 is 1.86 bits per heavy atom. The zero-order valence-electron chi connectivity index (χ0n) is 49.4. The van der Waals surface area contributed by atoms with Crippen molar-refractivity contribution in [3.63, 3.8) is 0 Å². The van der Waals surface area contributed by atoms with E-state index in [1.807, 2.05) is 12.1 Å². The van der Waals surface area contributed by atoms with E-state index in [0.29, 0.717) is 5.69 Å². The monoisotopic (exact) mass is 1230 g/mol. The Morgan fingerprint density at radius 2 is 1.29 bits per heavy atom. The van der Waals surface area contributed by atoms with Gasteiger partial charge in [-0.1, -0.05) is 51.1 Å². The Labute approximate surface area is 501 Å². The van der Waals surface area contributed by atoms with Crippen molar-refractivity contribution in [1.82, 2.24) is 46.5 Å². The first-order valence-corrected chi connectivity index (χ1v) is 27.8. The summed E-state index contributed by atoms with van der Waals surface area (Å²) >= 11 is 0. The van der Waals surface area contributed by atoms with Crippen LogP contribution in [0.2, 0.25) is 0 Å². The van der Waals surface area contributed by atoms with Crippen molar-refractivity contribution in [2.24, 2.45) is 11.1 Å². The molecular weight excluding hydrogens is 1150 g/mol. The predicted octanol–water partition coefficient (Wildman–Crippen LogP) is 0.0376. The summed E-state index contributed by atoms with van der Waals surface area (Å²) in [4.78, 5) is 139. The number of primary amides is 1. The lowest BCUT2D eigenvalue weighted by Crippen LogP contribution is -2.56. The molecule has 0 radical (unpaired) electrons. The fraction of sp³-hybridized carbons (Fsp3) is 0.526. The summed E-state index contributed by atoms with van der Waals surface area (Å²) in [6.07, 6.45) is -1.46. The van der Waals surface area contributed by atoms with Crippen LogP contribution < -0.4 is 37.7 Å². The van der Waals surface area contributed by atoms with Crippen molar-refractivity contribution in [3.8, 4) is 11.1 Å². The summed E-state index contributed by atoms with van der Waals surface area (Å²) in [7, 11) is 0. The predicted molar refractivity (Wildman–Crippen MR) is 305 cm³/mol. The summed E-state index contributed by atoms with van der Waals surface area (Å²) in [5, 5.41) is 42.0. The zero-order valence-corrected chi connectivity index (χ0v) is 49.4. The van der Waals surface area contributed by atoms with E-state index in [4.69, 9.17) is 29.8 Å². The summed E-state index contributed by atoms with van der Waals surface area (Å²) in [5.41, 5.74) is 8.18. The number of hydrazine groups is 1. The van der Waals surface area contributed by atoms with Crippen molar-refractivity contribution in [3.05, 3.63) is 83.7 Å². The third kappa shape index (κ3) is 27.6. The van der Waals surface area contributed by atoms with E-state index in [1.54, 1.807) is 55.8 Å². The molecule has 0 saturated heterocycles. The van der Waals surface area contributed by atoms with Crippen LogP contribution in [0.25, 0.3) is 11.1 Å². The highest BCUT2D eigenvalue weighted by atomic mass is 19.1. The summed E-state index contributed by atoms with van der Waals surface area (Å²) < 4.78 is 53.6. The van der Waals surface area contributed by atoms with E-state index in [0.717, 1.165) is 28.8 Å². The Hall–Kier alpha value is -8.45. The Balaban J connectivity index is 1.72. The van der Waals surface area contributed by atoms with Crippen molar-refractivity contribution in [1.29, 1.82) is 0 Å². The lowest BCUT2D eigenvalue weighted by Gasteiger charge is -2.41. The van der Waals surface area contributed by atoms with Gasteiger partial charge in [0.2, 0.25) is 53.2 Å². The number of nitrogens with two attached hydrogens (primary N) is 1. The van der Waals surface area contributed by atoms with Gasteiger partial charge in [-0.25, -0.2) is 18.6 Å². The number of hydrogen-bond acceptors (Lipinski definition) is 16. The van der Waals surface area contributed by atoms with Gasteiger partial charge < -0.3 is 76.1 Å². The van der Waals surface area contributed by atoms with Crippen LogP contribution in [0.4, 0.5) is 8.78 Å². The molecule has 1 aromatic heterocycles.